The number of halogens is 1. The molecule has 0 unspecified atom stereocenters. The van der Waals surface area contributed by atoms with Gasteiger partial charge < -0.3 is 4.57 Å². The van der Waals surface area contributed by atoms with Crippen LogP contribution in [0.5, 0.6) is 0 Å². The second-order valence-electron chi connectivity index (χ2n) is 6.04. The quantitative estimate of drug-likeness (QED) is 0.818. The first-order chi connectivity index (χ1) is 10.6. The summed E-state index contributed by atoms with van der Waals surface area (Å²) in [5.74, 6) is -0.0516. The molecule has 1 saturated carbocycles. The lowest BCUT2D eigenvalue weighted by Crippen LogP contribution is -2.41. The third kappa shape index (κ3) is 2.75. The van der Waals surface area contributed by atoms with Crippen molar-refractivity contribution in [2.24, 2.45) is 5.92 Å². The molecule has 0 amide bonds. The van der Waals surface area contributed by atoms with Gasteiger partial charge >= 0.3 is 11.1 Å². The summed E-state index contributed by atoms with van der Waals surface area (Å²) in [5, 5.41) is 0. The molecule has 5 heteroatoms. The molecular weight excluding hydrogens is 283 g/mol. The van der Waals surface area contributed by atoms with Crippen LogP contribution in [0, 0.1) is 18.7 Å². The molecule has 0 aliphatic heterocycles. The Morgan fingerprint density at radius 3 is 2.59 bits per heavy atom. The minimum atomic E-state index is -0.704. The zero-order valence-corrected chi connectivity index (χ0v) is 12.6. The van der Waals surface area contributed by atoms with Crippen LogP contribution in [0.1, 0.15) is 31.2 Å². The highest BCUT2D eigenvalue weighted by Gasteiger charge is 2.17. The second-order valence-corrected chi connectivity index (χ2v) is 6.04. The number of benzene rings is 1. The van der Waals surface area contributed by atoms with Crippen LogP contribution in [0.3, 0.4) is 0 Å². The van der Waals surface area contributed by atoms with Crippen molar-refractivity contribution in [3.05, 3.63) is 62.7 Å². The van der Waals surface area contributed by atoms with Gasteiger partial charge in [0, 0.05) is 18.9 Å². The van der Waals surface area contributed by atoms with E-state index in [0.717, 1.165) is 23.0 Å². The Hall–Kier alpha value is -2.17. The molecule has 1 aliphatic carbocycles. The molecule has 1 aliphatic rings. The first-order valence-corrected chi connectivity index (χ1v) is 7.65. The monoisotopic (exact) mass is 302 g/mol. The molecule has 0 spiro atoms. The fourth-order valence-electron chi connectivity index (χ4n) is 3.12. The molecule has 3 rings (SSSR count). The summed E-state index contributed by atoms with van der Waals surface area (Å²) < 4.78 is 16.5. The Balaban J connectivity index is 2.01. The Kier molecular flexibility index (Phi) is 3.96. The van der Waals surface area contributed by atoms with Gasteiger partial charge in [0.1, 0.15) is 5.82 Å². The summed E-state index contributed by atoms with van der Waals surface area (Å²) in [6.07, 6.45) is 7.64. The van der Waals surface area contributed by atoms with Crippen molar-refractivity contribution in [3.8, 4) is 5.69 Å². The Bertz CT molecular complexity index is 801. The Morgan fingerprint density at radius 1 is 1.14 bits per heavy atom. The van der Waals surface area contributed by atoms with Gasteiger partial charge in [-0.15, -0.1) is 0 Å². The van der Waals surface area contributed by atoms with Gasteiger partial charge in [-0.1, -0.05) is 18.9 Å². The second kappa shape index (κ2) is 5.91. The van der Waals surface area contributed by atoms with Crippen LogP contribution in [0.25, 0.3) is 5.69 Å². The van der Waals surface area contributed by atoms with Crippen molar-refractivity contribution >= 4 is 0 Å². The molecule has 1 heterocycles. The fraction of sp³-hybridized carbons (Fsp3) is 0.412. The number of aromatic nitrogens is 2. The molecule has 1 aromatic carbocycles. The van der Waals surface area contributed by atoms with Crippen LogP contribution in [0.2, 0.25) is 0 Å². The summed E-state index contributed by atoms with van der Waals surface area (Å²) in [5.41, 5.74) is -0.339. The highest BCUT2D eigenvalue weighted by Crippen LogP contribution is 2.25. The van der Waals surface area contributed by atoms with Gasteiger partial charge in [-0.25, -0.2) is 4.39 Å². The van der Waals surface area contributed by atoms with E-state index in [-0.39, 0.29) is 5.69 Å². The number of nitrogens with zero attached hydrogens (tertiary/aromatic N) is 2. The van der Waals surface area contributed by atoms with Crippen molar-refractivity contribution in [2.45, 2.75) is 39.2 Å². The van der Waals surface area contributed by atoms with Crippen molar-refractivity contribution in [1.82, 2.24) is 9.13 Å². The number of hydrogen-bond donors (Lipinski definition) is 0. The normalized spacial score (nSPS) is 15.4. The lowest BCUT2D eigenvalue weighted by Gasteiger charge is -2.13. The van der Waals surface area contributed by atoms with E-state index in [0.29, 0.717) is 12.5 Å². The predicted molar refractivity (Wildman–Crippen MR) is 83.0 cm³/mol. The van der Waals surface area contributed by atoms with Gasteiger partial charge in [-0.2, -0.15) is 0 Å². The van der Waals surface area contributed by atoms with Crippen LogP contribution in [0.4, 0.5) is 4.39 Å². The van der Waals surface area contributed by atoms with Crippen molar-refractivity contribution in [1.29, 1.82) is 0 Å². The molecule has 22 heavy (non-hydrogen) atoms. The van der Waals surface area contributed by atoms with E-state index in [1.807, 2.05) is 6.92 Å². The van der Waals surface area contributed by atoms with Crippen molar-refractivity contribution in [3.63, 3.8) is 0 Å². The summed E-state index contributed by atoms with van der Waals surface area (Å²) in [6.45, 7) is 2.39. The lowest BCUT2D eigenvalue weighted by molar-refractivity contribution is 0.444. The summed E-state index contributed by atoms with van der Waals surface area (Å²) in [4.78, 5) is 24.5. The first-order valence-electron chi connectivity index (χ1n) is 7.65. The summed E-state index contributed by atoms with van der Waals surface area (Å²) in [7, 11) is 0. The molecule has 4 nitrogen and oxygen atoms in total. The van der Waals surface area contributed by atoms with Crippen LogP contribution in [-0.2, 0) is 6.54 Å². The molecule has 0 radical (unpaired) electrons. The maximum Gasteiger partial charge on any atom is 0.321 e. The molecule has 0 N–H and O–H groups in total. The molecule has 116 valence electrons. The molecular formula is C17H19FN2O2. The molecule has 0 atom stereocenters. The zero-order valence-electron chi connectivity index (χ0n) is 12.6. The molecule has 1 fully saturated rings. The van der Waals surface area contributed by atoms with Crippen molar-refractivity contribution < 1.29 is 4.39 Å². The Morgan fingerprint density at radius 2 is 1.86 bits per heavy atom. The summed E-state index contributed by atoms with van der Waals surface area (Å²) >= 11 is 0. The van der Waals surface area contributed by atoms with E-state index in [4.69, 9.17) is 0 Å². The lowest BCUT2D eigenvalue weighted by atomic mass is 10.1. The highest BCUT2D eigenvalue weighted by atomic mass is 19.1. The van der Waals surface area contributed by atoms with E-state index < -0.39 is 16.9 Å². The van der Waals surface area contributed by atoms with Crippen molar-refractivity contribution in [2.75, 3.05) is 0 Å². The van der Waals surface area contributed by atoms with E-state index in [9.17, 15) is 14.0 Å². The average molecular weight is 302 g/mol. The van der Waals surface area contributed by atoms with E-state index in [2.05, 4.69) is 0 Å². The molecule has 0 saturated heterocycles. The van der Waals surface area contributed by atoms with Gasteiger partial charge in [0.25, 0.3) is 0 Å². The molecule has 0 bridgehead atoms. The van der Waals surface area contributed by atoms with Crippen LogP contribution in [-0.4, -0.2) is 9.13 Å². The van der Waals surface area contributed by atoms with Gasteiger partial charge in [0.2, 0.25) is 0 Å². The SMILES string of the molecule is Cc1ccc(F)c(-n2ccn(CC3CCCC3)c(=O)c2=O)c1. The largest absolute Gasteiger partial charge is 0.321 e. The number of hydrogen-bond acceptors (Lipinski definition) is 2. The van der Waals surface area contributed by atoms with Gasteiger partial charge in [-0.3, -0.25) is 14.2 Å². The standard InChI is InChI=1S/C17H19FN2O2/c1-12-6-7-14(18)15(10-12)20-9-8-19(16(21)17(20)22)11-13-4-2-3-5-13/h6-10,13H,2-5,11H2,1H3. The average Bonchev–Trinajstić information content (AvgIpc) is 3.00. The van der Waals surface area contributed by atoms with Crippen LogP contribution < -0.4 is 11.1 Å². The molecule has 2 aromatic rings. The fourth-order valence-corrected chi connectivity index (χ4v) is 3.12. The van der Waals surface area contributed by atoms with E-state index >= 15 is 0 Å². The zero-order chi connectivity index (χ0) is 15.7. The number of rotatable bonds is 3. The van der Waals surface area contributed by atoms with E-state index in [1.54, 1.807) is 18.3 Å². The topological polar surface area (TPSA) is 44.0 Å². The smallest absolute Gasteiger partial charge is 0.309 e. The minimum absolute atomic E-state index is 0.120. The maximum atomic E-state index is 13.9. The number of aryl methyl sites for hydroxylation is 1. The van der Waals surface area contributed by atoms with Crippen LogP contribution in [0.15, 0.2) is 40.2 Å². The highest BCUT2D eigenvalue weighted by molar-refractivity contribution is 5.37. The maximum absolute atomic E-state index is 13.9. The Labute approximate surface area is 127 Å². The third-order valence-corrected chi connectivity index (χ3v) is 4.35. The van der Waals surface area contributed by atoms with Gasteiger partial charge in [-0.05, 0) is 43.4 Å². The van der Waals surface area contributed by atoms with E-state index in [1.165, 1.54) is 29.7 Å². The van der Waals surface area contributed by atoms with Gasteiger partial charge in [0.05, 0.1) is 5.69 Å². The third-order valence-electron chi connectivity index (χ3n) is 4.35. The van der Waals surface area contributed by atoms with Crippen LogP contribution >= 0.6 is 0 Å². The first kappa shape index (κ1) is 14.8. The summed E-state index contributed by atoms with van der Waals surface area (Å²) in [6, 6.07) is 4.50. The predicted octanol–water partition coefficient (Wildman–Crippen LogP) is 2.64. The molecule has 1 aromatic heterocycles. The minimum Gasteiger partial charge on any atom is -0.309 e. The van der Waals surface area contributed by atoms with Gasteiger partial charge in [0.15, 0.2) is 0 Å².